The molecule has 124 valence electrons. The van der Waals surface area contributed by atoms with Gasteiger partial charge in [0.2, 0.25) is 0 Å². The number of carbonyl (C=O) groups is 1. The minimum atomic E-state index is -0.625. The summed E-state index contributed by atoms with van der Waals surface area (Å²) in [6.45, 7) is 12.1. The molecule has 1 aliphatic carbocycles. The zero-order valence-electron chi connectivity index (χ0n) is 14.6. The molecule has 3 nitrogen and oxygen atoms in total. The summed E-state index contributed by atoms with van der Waals surface area (Å²) < 4.78 is 0. The number of carboxylic acids is 1. The van der Waals surface area contributed by atoms with E-state index in [1.807, 2.05) is 0 Å². The van der Waals surface area contributed by atoms with Gasteiger partial charge < -0.3 is 10.4 Å². The third-order valence-corrected chi connectivity index (χ3v) is 5.95. The van der Waals surface area contributed by atoms with Crippen LogP contribution in [0, 0.1) is 23.2 Å². The number of nitrogens with one attached hydrogen (secondary N) is 1. The van der Waals surface area contributed by atoms with Gasteiger partial charge in [0.1, 0.15) is 0 Å². The van der Waals surface area contributed by atoms with E-state index >= 15 is 0 Å². The lowest BCUT2D eigenvalue weighted by Gasteiger charge is -2.46. The summed E-state index contributed by atoms with van der Waals surface area (Å²) >= 11 is 0. The topological polar surface area (TPSA) is 49.3 Å². The Labute approximate surface area is 130 Å². The summed E-state index contributed by atoms with van der Waals surface area (Å²) in [6, 6.07) is 0.464. The maximum Gasteiger partial charge on any atom is 0.307 e. The molecule has 4 atom stereocenters. The second kappa shape index (κ2) is 8.17. The van der Waals surface area contributed by atoms with E-state index in [0.29, 0.717) is 12.0 Å². The Balaban J connectivity index is 2.55. The molecule has 0 heterocycles. The minimum absolute atomic E-state index is 0.132. The van der Waals surface area contributed by atoms with Gasteiger partial charge in [0.15, 0.2) is 0 Å². The maximum absolute atomic E-state index is 11.4. The minimum Gasteiger partial charge on any atom is -0.481 e. The van der Waals surface area contributed by atoms with Crippen molar-refractivity contribution in [2.24, 2.45) is 23.2 Å². The molecule has 0 radical (unpaired) electrons. The molecular weight excluding hydrogens is 262 g/mol. The van der Waals surface area contributed by atoms with Gasteiger partial charge in [0, 0.05) is 6.04 Å². The van der Waals surface area contributed by atoms with Crippen LogP contribution in [0.3, 0.4) is 0 Å². The molecule has 21 heavy (non-hydrogen) atoms. The summed E-state index contributed by atoms with van der Waals surface area (Å²) in [6.07, 6.45) is 6.91. The van der Waals surface area contributed by atoms with Crippen molar-refractivity contribution >= 4 is 5.97 Å². The van der Waals surface area contributed by atoms with Crippen LogP contribution in [0.2, 0.25) is 0 Å². The van der Waals surface area contributed by atoms with Gasteiger partial charge >= 0.3 is 5.97 Å². The summed E-state index contributed by atoms with van der Waals surface area (Å²) in [7, 11) is 0. The van der Waals surface area contributed by atoms with Crippen molar-refractivity contribution in [2.75, 3.05) is 6.54 Å². The van der Waals surface area contributed by atoms with Crippen LogP contribution in [0.15, 0.2) is 0 Å². The molecule has 2 N–H and O–H groups in total. The van der Waals surface area contributed by atoms with E-state index in [2.05, 4.69) is 39.9 Å². The van der Waals surface area contributed by atoms with E-state index in [0.717, 1.165) is 25.3 Å². The van der Waals surface area contributed by atoms with Gasteiger partial charge in [-0.25, -0.2) is 0 Å². The van der Waals surface area contributed by atoms with Gasteiger partial charge in [0.05, 0.1) is 5.92 Å². The normalized spacial score (nSPS) is 30.0. The molecule has 0 aromatic rings. The van der Waals surface area contributed by atoms with Crippen molar-refractivity contribution < 1.29 is 9.90 Å². The van der Waals surface area contributed by atoms with Gasteiger partial charge in [-0.15, -0.1) is 0 Å². The highest BCUT2D eigenvalue weighted by atomic mass is 16.4. The van der Waals surface area contributed by atoms with E-state index < -0.39 is 5.97 Å². The van der Waals surface area contributed by atoms with Gasteiger partial charge in [-0.2, -0.15) is 0 Å². The molecule has 4 unspecified atom stereocenters. The predicted octanol–water partition coefficient (Wildman–Crippen LogP) is 4.32. The highest BCUT2D eigenvalue weighted by molar-refractivity contribution is 5.71. The Bertz CT molecular complexity index is 327. The largest absolute Gasteiger partial charge is 0.481 e. The molecular formula is C18H35NO2. The Morgan fingerprint density at radius 1 is 1.33 bits per heavy atom. The Morgan fingerprint density at radius 3 is 2.52 bits per heavy atom. The molecule has 3 heteroatoms. The van der Waals surface area contributed by atoms with Crippen LogP contribution in [0.5, 0.6) is 0 Å². The van der Waals surface area contributed by atoms with Gasteiger partial charge in [-0.1, -0.05) is 53.9 Å². The van der Waals surface area contributed by atoms with Crippen molar-refractivity contribution in [3.63, 3.8) is 0 Å². The van der Waals surface area contributed by atoms with E-state index in [9.17, 15) is 9.90 Å². The molecule has 0 aromatic heterocycles. The lowest BCUT2D eigenvalue weighted by atomic mass is 9.61. The first-order valence-corrected chi connectivity index (χ1v) is 8.80. The summed E-state index contributed by atoms with van der Waals surface area (Å²) in [5, 5.41) is 13.2. The van der Waals surface area contributed by atoms with Gasteiger partial charge in [-0.3, -0.25) is 4.79 Å². The van der Waals surface area contributed by atoms with Crippen molar-refractivity contribution in [2.45, 2.75) is 79.2 Å². The van der Waals surface area contributed by atoms with Crippen LogP contribution in [0.4, 0.5) is 0 Å². The molecule has 0 saturated heterocycles. The molecule has 0 aromatic carbocycles. The zero-order chi connectivity index (χ0) is 16.0. The van der Waals surface area contributed by atoms with Crippen molar-refractivity contribution in [1.82, 2.24) is 5.32 Å². The van der Waals surface area contributed by atoms with E-state index in [1.165, 1.54) is 25.7 Å². The third kappa shape index (κ3) is 4.70. The van der Waals surface area contributed by atoms with Crippen LogP contribution in [0.1, 0.15) is 73.1 Å². The second-order valence-electron chi connectivity index (χ2n) is 7.51. The fourth-order valence-corrected chi connectivity index (χ4v) is 3.79. The summed E-state index contributed by atoms with van der Waals surface area (Å²) in [4.78, 5) is 11.4. The molecule has 1 fully saturated rings. The highest BCUT2D eigenvalue weighted by Gasteiger charge is 2.46. The highest BCUT2D eigenvalue weighted by Crippen LogP contribution is 2.45. The summed E-state index contributed by atoms with van der Waals surface area (Å²) in [5.74, 6) is 0.334. The molecule has 1 rings (SSSR count). The average molecular weight is 297 g/mol. The van der Waals surface area contributed by atoms with E-state index in [1.54, 1.807) is 0 Å². The smallest absolute Gasteiger partial charge is 0.307 e. The quantitative estimate of drug-likeness (QED) is 0.701. The number of carboxylic acid groups (broad SMARTS) is 1. The first-order chi connectivity index (χ1) is 9.84. The van der Waals surface area contributed by atoms with Crippen LogP contribution in [0.25, 0.3) is 0 Å². The lowest BCUT2D eigenvalue weighted by Crippen LogP contribution is -2.51. The standard InChI is InChI=1S/C18H35NO2/c1-6-8-9-14(7-2)12-19-16-11-10-15(17(20)21)18(4,5)13(16)3/h13-16,19H,6-12H2,1-5H3,(H,20,21). The SMILES string of the molecule is CCCCC(CC)CNC1CCC(C(=O)O)C(C)(C)C1C. The maximum atomic E-state index is 11.4. The van der Waals surface area contributed by atoms with Gasteiger partial charge in [0.25, 0.3) is 0 Å². The average Bonchev–Trinajstić information content (AvgIpc) is 2.42. The molecule has 1 aliphatic rings. The monoisotopic (exact) mass is 297 g/mol. The Kier molecular flexibility index (Phi) is 7.19. The Morgan fingerprint density at radius 2 is 2.00 bits per heavy atom. The first-order valence-electron chi connectivity index (χ1n) is 8.80. The lowest BCUT2D eigenvalue weighted by molar-refractivity contribution is -0.150. The van der Waals surface area contributed by atoms with Crippen LogP contribution < -0.4 is 5.32 Å². The number of hydrogen-bond donors (Lipinski definition) is 2. The number of aliphatic carboxylic acids is 1. The predicted molar refractivity (Wildman–Crippen MR) is 88.4 cm³/mol. The van der Waals surface area contributed by atoms with Crippen molar-refractivity contribution in [1.29, 1.82) is 0 Å². The number of unbranched alkanes of at least 4 members (excludes halogenated alkanes) is 1. The Hall–Kier alpha value is -0.570. The van der Waals surface area contributed by atoms with Crippen LogP contribution in [-0.2, 0) is 4.79 Å². The first kappa shape index (κ1) is 18.5. The number of hydrogen-bond acceptors (Lipinski definition) is 2. The number of rotatable bonds is 8. The van der Waals surface area contributed by atoms with Crippen LogP contribution >= 0.6 is 0 Å². The molecule has 0 amide bonds. The second-order valence-corrected chi connectivity index (χ2v) is 7.51. The molecule has 0 spiro atoms. The molecule has 1 saturated carbocycles. The van der Waals surface area contributed by atoms with E-state index in [-0.39, 0.29) is 11.3 Å². The van der Waals surface area contributed by atoms with Gasteiger partial charge in [-0.05, 0) is 43.1 Å². The zero-order valence-corrected chi connectivity index (χ0v) is 14.6. The van der Waals surface area contributed by atoms with Crippen molar-refractivity contribution in [3.05, 3.63) is 0 Å². The molecule has 0 aliphatic heterocycles. The fraction of sp³-hybridized carbons (Fsp3) is 0.944. The third-order valence-electron chi connectivity index (χ3n) is 5.95. The summed E-state index contributed by atoms with van der Waals surface area (Å²) in [5.41, 5.74) is -0.132. The van der Waals surface area contributed by atoms with E-state index in [4.69, 9.17) is 0 Å². The molecule has 0 bridgehead atoms. The fourth-order valence-electron chi connectivity index (χ4n) is 3.79. The van der Waals surface area contributed by atoms with Crippen molar-refractivity contribution in [3.8, 4) is 0 Å². The van der Waals surface area contributed by atoms with Crippen LogP contribution in [-0.4, -0.2) is 23.7 Å².